The van der Waals surface area contributed by atoms with Gasteiger partial charge in [-0.15, -0.1) is 0 Å². The lowest BCUT2D eigenvalue weighted by atomic mass is 10.3. The van der Waals surface area contributed by atoms with Gasteiger partial charge in [0, 0.05) is 30.9 Å². The van der Waals surface area contributed by atoms with Crippen molar-refractivity contribution in [3.05, 3.63) is 29.3 Å². The van der Waals surface area contributed by atoms with Crippen LogP contribution in [-0.2, 0) is 4.74 Å². The number of rotatable bonds is 2. The Morgan fingerprint density at radius 3 is 2.64 bits per heavy atom. The minimum atomic E-state index is 0.380. The summed E-state index contributed by atoms with van der Waals surface area (Å²) in [5.41, 5.74) is 1.23. The predicted octanol–water partition coefficient (Wildman–Crippen LogP) is 2.57. The van der Waals surface area contributed by atoms with Crippen molar-refractivity contribution in [2.75, 3.05) is 25.1 Å². The monoisotopic (exact) mass is 211 g/mol. The molecule has 2 nitrogen and oxygen atoms in total. The fourth-order valence-electron chi connectivity index (χ4n) is 1.81. The van der Waals surface area contributed by atoms with E-state index in [1.165, 1.54) is 5.69 Å². The van der Waals surface area contributed by atoms with Crippen LogP contribution in [0, 0.1) is 0 Å². The van der Waals surface area contributed by atoms with Gasteiger partial charge in [-0.05, 0) is 30.7 Å². The van der Waals surface area contributed by atoms with Gasteiger partial charge in [0.05, 0.1) is 6.10 Å². The van der Waals surface area contributed by atoms with E-state index < -0.39 is 0 Å². The molecule has 0 radical (unpaired) electrons. The van der Waals surface area contributed by atoms with Crippen molar-refractivity contribution >= 4 is 17.3 Å². The second kappa shape index (κ2) is 4.20. The van der Waals surface area contributed by atoms with Crippen molar-refractivity contribution in [1.82, 2.24) is 0 Å². The molecule has 0 unspecified atom stereocenters. The molecule has 0 aromatic heterocycles. The molecular formula is C11H14ClNO. The van der Waals surface area contributed by atoms with Gasteiger partial charge in [-0.25, -0.2) is 0 Å². The second-order valence-corrected chi connectivity index (χ2v) is 4.01. The lowest BCUT2D eigenvalue weighted by Gasteiger charge is -2.18. The van der Waals surface area contributed by atoms with Gasteiger partial charge in [0.2, 0.25) is 0 Å². The minimum absolute atomic E-state index is 0.380. The lowest BCUT2D eigenvalue weighted by Crippen LogP contribution is -2.21. The maximum Gasteiger partial charge on any atom is 0.0762 e. The highest BCUT2D eigenvalue weighted by Crippen LogP contribution is 2.22. The molecule has 1 aliphatic rings. The number of halogens is 1. The first kappa shape index (κ1) is 9.81. The van der Waals surface area contributed by atoms with Crippen LogP contribution in [-0.4, -0.2) is 26.3 Å². The van der Waals surface area contributed by atoms with Crippen LogP contribution in [0.15, 0.2) is 24.3 Å². The van der Waals surface area contributed by atoms with Crippen molar-refractivity contribution in [2.45, 2.75) is 12.5 Å². The molecule has 1 atom stereocenters. The predicted molar refractivity (Wildman–Crippen MR) is 59.1 cm³/mol. The van der Waals surface area contributed by atoms with Crippen LogP contribution in [0.3, 0.4) is 0 Å². The van der Waals surface area contributed by atoms with Gasteiger partial charge in [-0.2, -0.15) is 0 Å². The normalized spacial score (nSPS) is 21.6. The summed E-state index contributed by atoms with van der Waals surface area (Å²) >= 11 is 5.83. The highest BCUT2D eigenvalue weighted by Gasteiger charge is 2.21. The van der Waals surface area contributed by atoms with Gasteiger partial charge >= 0.3 is 0 Å². The number of benzene rings is 1. The van der Waals surface area contributed by atoms with E-state index in [1.807, 2.05) is 12.1 Å². The van der Waals surface area contributed by atoms with Crippen LogP contribution in [0.2, 0.25) is 5.02 Å². The molecule has 1 aliphatic heterocycles. The maximum absolute atomic E-state index is 5.83. The molecule has 1 fully saturated rings. The zero-order chi connectivity index (χ0) is 9.97. The number of ether oxygens (including phenoxy) is 1. The molecule has 0 saturated carbocycles. The van der Waals surface area contributed by atoms with Crippen molar-refractivity contribution in [2.24, 2.45) is 0 Å². The number of hydrogen-bond donors (Lipinski definition) is 0. The Balaban J connectivity index is 2.06. The number of anilines is 1. The zero-order valence-electron chi connectivity index (χ0n) is 8.24. The van der Waals surface area contributed by atoms with E-state index in [9.17, 15) is 0 Å². The molecule has 3 heteroatoms. The Morgan fingerprint density at radius 2 is 2.07 bits per heavy atom. The molecule has 2 rings (SSSR count). The van der Waals surface area contributed by atoms with Crippen molar-refractivity contribution < 1.29 is 4.74 Å². The molecule has 1 aromatic carbocycles. The van der Waals surface area contributed by atoms with Gasteiger partial charge < -0.3 is 9.64 Å². The first-order valence-corrected chi connectivity index (χ1v) is 5.20. The average molecular weight is 212 g/mol. The summed E-state index contributed by atoms with van der Waals surface area (Å²) in [5, 5.41) is 0.788. The summed E-state index contributed by atoms with van der Waals surface area (Å²) in [6.07, 6.45) is 1.49. The van der Waals surface area contributed by atoms with Crippen LogP contribution in [0.1, 0.15) is 6.42 Å². The maximum atomic E-state index is 5.83. The summed E-state index contributed by atoms with van der Waals surface area (Å²) in [4.78, 5) is 2.32. The molecule has 76 valence electrons. The largest absolute Gasteiger partial charge is 0.380 e. The van der Waals surface area contributed by atoms with E-state index in [-0.39, 0.29) is 0 Å². The van der Waals surface area contributed by atoms with Crippen LogP contribution in [0.5, 0.6) is 0 Å². The van der Waals surface area contributed by atoms with Crippen molar-refractivity contribution in [1.29, 1.82) is 0 Å². The van der Waals surface area contributed by atoms with Crippen LogP contribution in [0.25, 0.3) is 0 Å². The fraction of sp³-hybridized carbons (Fsp3) is 0.455. The SMILES string of the molecule is CO[C@@H]1CCN(c2ccc(Cl)cc2)C1. The van der Waals surface area contributed by atoms with Gasteiger partial charge in [0.25, 0.3) is 0 Å². The van der Waals surface area contributed by atoms with Crippen LogP contribution < -0.4 is 4.90 Å². The van der Waals surface area contributed by atoms with E-state index in [0.717, 1.165) is 24.5 Å². The molecule has 0 bridgehead atoms. The Hall–Kier alpha value is -0.730. The minimum Gasteiger partial charge on any atom is -0.380 e. The quantitative estimate of drug-likeness (QED) is 0.746. The van der Waals surface area contributed by atoms with Crippen molar-refractivity contribution in [3.63, 3.8) is 0 Å². The molecular weight excluding hydrogens is 198 g/mol. The third kappa shape index (κ3) is 2.02. The van der Waals surface area contributed by atoms with E-state index in [0.29, 0.717) is 6.10 Å². The van der Waals surface area contributed by atoms with E-state index in [1.54, 1.807) is 7.11 Å². The van der Waals surface area contributed by atoms with Crippen molar-refractivity contribution in [3.8, 4) is 0 Å². The standard InChI is InChI=1S/C11H14ClNO/c1-14-11-6-7-13(8-11)10-4-2-9(12)3-5-10/h2-5,11H,6-8H2,1H3/t11-/m1/s1. The molecule has 0 amide bonds. The van der Waals surface area contributed by atoms with Crippen LogP contribution in [0.4, 0.5) is 5.69 Å². The fourth-order valence-corrected chi connectivity index (χ4v) is 1.93. The zero-order valence-corrected chi connectivity index (χ0v) is 9.00. The highest BCUT2D eigenvalue weighted by atomic mass is 35.5. The molecule has 1 saturated heterocycles. The Morgan fingerprint density at radius 1 is 1.36 bits per heavy atom. The third-order valence-electron chi connectivity index (χ3n) is 2.67. The van der Waals surface area contributed by atoms with Crippen LogP contribution >= 0.6 is 11.6 Å². The summed E-state index contributed by atoms with van der Waals surface area (Å²) in [5.74, 6) is 0. The Labute approximate surface area is 89.4 Å². The van der Waals surface area contributed by atoms with E-state index in [2.05, 4.69) is 17.0 Å². The first-order chi connectivity index (χ1) is 6.79. The molecule has 1 aromatic rings. The highest BCUT2D eigenvalue weighted by molar-refractivity contribution is 6.30. The average Bonchev–Trinajstić information content (AvgIpc) is 2.67. The van der Waals surface area contributed by atoms with E-state index in [4.69, 9.17) is 16.3 Å². The van der Waals surface area contributed by atoms with Gasteiger partial charge in [-0.1, -0.05) is 11.6 Å². The number of nitrogens with zero attached hydrogens (tertiary/aromatic N) is 1. The second-order valence-electron chi connectivity index (χ2n) is 3.57. The number of hydrogen-bond acceptors (Lipinski definition) is 2. The summed E-state index contributed by atoms with van der Waals surface area (Å²) < 4.78 is 5.32. The summed E-state index contributed by atoms with van der Waals surface area (Å²) in [6.45, 7) is 2.05. The smallest absolute Gasteiger partial charge is 0.0762 e. The molecule has 0 N–H and O–H groups in total. The summed E-state index contributed by atoms with van der Waals surface area (Å²) in [7, 11) is 1.77. The molecule has 0 spiro atoms. The van der Waals surface area contributed by atoms with Gasteiger partial charge in [-0.3, -0.25) is 0 Å². The topological polar surface area (TPSA) is 12.5 Å². The molecule has 14 heavy (non-hydrogen) atoms. The van der Waals surface area contributed by atoms with E-state index >= 15 is 0 Å². The Kier molecular flexibility index (Phi) is 2.94. The third-order valence-corrected chi connectivity index (χ3v) is 2.92. The molecule has 0 aliphatic carbocycles. The Bertz CT molecular complexity index is 299. The summed E-state index contributed by atoms with van der Waals surface area (Å²) in [6, 6.07) is 7.97. The van der Waals surface area contributed by atoms with Gasteiger partial charge in [0.15, 0.2) is 0 Å². The molecule has 1 heterocycles. The lowest BCUT2D eigenvalue weighted by molar-refractivity contribution is 0.121. The number of methoxy groups -OCH3 is 1. The first-order valence-electron chi connectivity index (χ1n) is 4.83. The van der Waals surface area contributed by atoms with Gasteiger partial charge in [0.1, 0.15) is 0 Å².